The van der Waals surface area contributed by atoms with Crippen molar-refractivity contribution in [3.63, 3.8) is 0 Å². The van der Waals surface area contributed by atoms with Crippen molar-refractivity contribution in [3.8, 4) is 5.75 Å². The molecule has 0 spiro atoms. The number of hydrogen-bond donors (Lipinski definition) is 2. The smallest absolute Gasteiger partial charge is 0.191 e. The molecule has 5 nitrogen and oxygen atoms in total. The Labute approximate surface area is 157 Å². The number of nitrogens with one attached hydrogen (secondary N) is 2. The Morgan fingerprint density at radius 2 is 1.83 bits per heavy atom. The Bertz CT molecular complexity index is 475. The summed E-state index contributed by atoms with van der Waals surface area (Å²) >= 11 is 0. The van der Waals surface area contributed by atoms with Crippen LogP contribution in [0.2, 0.25) is 0 Å². The van der Waals surface area contributed by atoms with Crippen molar-refractivity contribution in [2.24, 2.45) is 4.99 Å². The van der Waals surface area contributed by atoms with Crippen molar-refractivity contribution < 1.29 is 9.47 Å². The first-order chi connectivity index (χ1) is 10.4. The number of rotatable bonds is 7. The topological polar surface area (TPSA) is 54.9 Å². The van der Waals surface area contributed by atoms with Crippen molar-refractivity contribution in [1.29, 1.82) is 0 Å². The van der Waals surface area contributed by atoms with Gasteiger partial charge in [0.15, 0.2) is 5.96 Å². The number of aliphatic imine (C=N–C) groups is 1. The lowest BCUT2D eigenvalue weighted by molar-refractivity contribution is 0.179. The molecule has 1 aromatic carbocycles. The summed E-state index contributed by atoms with van der Waals surface area (Å²) in [4.78, 5) is 4.25. The van der Waals surface area contributed by atoms with E-state index >= 15 is 0 Å². The first-order valence-electron chi connectivity index (χ1n) is 7.53. The molecule has 23 heavy (non-hydrogen) atoms. The van der Waals surface area contributed by atoms with Gasteiger partial charge < -0.3 is 20.1 Å². The Balaban J connectivity index is 0.00000484. The average Bonchev–Trinajstić information content (AvgIpc) is 2.51. The number of guanidine groups is 1. The van der Waals surface area contributed by atoms with Gasteiger partial charge in [-0.3, -0.25) is 4.99 Å². The quantitative estimate of drug-likeness (QED) is 0.393. The van der Waals surface area contributed by atoms with Gasteiger partial charge in [-0.25, -0.2) is 0 Å². The van der Waals surface area contributed by atoms with Crippen LogP contribution in [-0.4, -0.2) is 46.4 Å². The monoisotopic (exact) mass is 435 g/mol. The van der Waals surface area contributed by atoms with Crippen molar-refractivity contribution in [3.05, 3.63) is 29.8 Å². The highest BCUT2D eigenvalue weighted by Gasteiger charge is 2.21. The summed E-state index contributed by atoms with van der Waals surface area (Å²) in [5, 5.41) is 6.68. The molecule has 2 N–H and O–H groups in total. The summed E-state index contributed by atoms with van der Waals surface area (Å²) in [5.74, 6) is 1.66. The number of halogens is 1. The lowest BCUT2D eigenvalue weighted by Crippen LogP contribution is -2.47. The van der Waals surface area contributed by atoms with Crippen LogP contribution in [0, 0.1) is 0 Å². The zero-order valence-electron chi connectivity index (χ0n) is 15.0. The van der Waals surface area contributed by atoms with E-state index < -0.39 is 0 Å². The minimum absolute atomic E-state index is 0. The summed E-state index contributed by atoms with van der Waals surface area (Å²) in [5.41, 5.74) is 1.23. The molecule has 132 valence electrons. The van der Waals surface area contributed by atoms with E-state index in [1.54, 1.807) is 21.3 Å². The lowest BCUT2D eigenvalue weighted by Gasteiger charge is -2.27. The van der Waals surface area contributed by atoms with E-state index in [9.17, 15) is 0 Å². The van der Waals surface area contributed by atoms with Crippen LogP contribution in [0.25, 0.3) is 0 Å². The summed E-state index contributed by atoms with van der Waals surface area (Å²) in [6.07, 6.45) is 0. The maximum absolute atomic E-state index is 5.21. The summed E-state index contributed by atoms with van der Waals surface area (Å²) in [7, 11) is 5.15. The van der Waals surface area contributed by atoms with Crippen LogP contribution in [0.5, 0.6) is 5.75 Å². The standard InChI is InChI=1S/C17H29N3O2.HI/c1-13(11-21-5)20-16(18-4)19-12-17(2,3)14-7-9-15(22-6)10-8-14;/h7-10,13H,11-12H2,1-6H3,(H2,18,19,20);1H. The van der Waals surface area contributed by atoms with E-state index in [0.29, 0.717) is 6.61 Å². The van der Waals surface area contributed by atoms with Gasteiger partial charge in [0.1, 0.15) is 5.75 Å². The Kier molecular flexibility index (Phi) is 10.2. The number of hydrogen-bond acceptors (Lipinski definition) is 3. The first-order valence-corrected chi connectivity index (χ1v) is 7.53. The van der Waals surface area contributed by atoms with Crippen molar-refractivity contribution in [2.45, 2.75) is 32.2 Å². The fourth-order valence-electron chi connectivity index (χ4n) is 2.17. The molecule has 0 fully saturated rings. The van der Waals surface area contributed by atoms with Gasteiger partial charge in [0.2, 0.25) is 0 Å². The molecule has 0 saturated carbocycles. The van der Waals surface area contributed by atoms with Gasteiger partial charge in [-0.1, -0.05) is 26.0 Å². The second-order valence-electron chi connectivity index (χ2n) is 6.04. The summed E-state index contributed by atoms with van der Waals surface area (Å²) < 4.78 is 10.3. The lowest BCUT2D eigenvalue weighted by atomic mass is 9.84. The third-order valence-electron chi connectivity index (χ3n) is 3.59. The second-order valence-corrected chi connectivity index (χ2v) is 6.04. The van der Waals surface area contributed by atoms with Crippen LogP contribution in [0.1, 0.15) is 26.3 Å². The molecule has 0 heterocycles. The molecule has 0 aliphatic carbocycles. The highest BCUT2D eigenvalue weighted by Crippen LogP contribution is 2.24. The first kappa shape index (κ1) is 22.0. The Morgan fingerprint density at radius 1 is 1.22 bits per heavy atom. The van der Waals surface area contributed by atoms with Crippen molar-refractivity contribution in [1.82, 2.24) is 10.6 Å². The van der Waals surface area contributed by atoms with Gasteiger partial charge in [0.25, 0.3) is 0 Å². The largest absolute Gasteiger partial charge is 0.497 e. The molecule has 0 amide bonds. The van der Waals surface area contributed by atoms with Gasteiger partial charge in [-0.2, -0.15) is 0 Å². The molecular weight excluding hydrogens is 405 g/mol. The van der Waals surface area contributed by atoms with Gasteiger partial charge in [-0.15, -0.1) is 24.0 Å². The third kappa shape index (κ3) is 7.39. The van der Waals surface area contributed by atoms with Crippen LogP contribution >= 0.6 is 24.0 Å². The fraction of sp³-hybridized carbons (Fsp3) is 0.588. The average molecular weight is 435 g/mol. The van der Waals surface area contributed by atoms with Gasteiger partial charge in [0.05, 0.1) is 13.7 Å². The van der Waals surface area contributed by atoms with E-state index in [1.807, 2.05) is 12.1 Å². The molecule has 6 heteroatoms. The molecular formula is C17H30IN3O2. The second kappa shape index (κ2) is 10.7. The van der Waals surface area contributed by atoms with Gasteiger partial charge in [-0.05, 0) is 24.6 Å². The van der Waals surface area contributed by atoms with Gasteiger partial charge in [0, 0.05) is 32.2 Å². The van der Waals surface area contributed by atoms with Crippen molar-refractivity contribution >= 4 is 29.9 Å². The van der Waals surface area contributed by atoms with Crippen LogP contribution < -0.4 is 15.4 Å². The minimum atomic E-state index is -0.0195. The summed E-state index contributed by atoms with van der Waals surface area (Å²) in [6.45, 7) is 7.88. The number of benzene rings is 1. The zero-order valence-corrected chi connectivity index (χ0v) is 17.3. The number of nitrogens with zero attached hydrogens (tertiary/aromatic N) is 1. The van der Waals surface area contributed by atoms with E-state index in [2.05, 4.69) is 48.5 Å². The number of methoxy groups -OCH3 is 2. The molecule has 0 bridgehead atoms. The maximum Gasteiger partial charge on any atom is 0.191 e. The fourth-order valence-corrected chi connectivity index (χ4v) is 2.17. The molecule has 0 aliphatic heterocycles. The SMILES string of the molecule is CN=C(NCC(C)(C)c1ccc(OC)cc1)NC(C)COC.I. The maximum atomic E-state index is 5.21. The van der Waals surface area contributed by atoms with Crippen molar-refractivity contribution in [2.75, 3.05) is 34.4 Å². The highest BCUT2D eigenvalue weighted by atomic mass is 127. The minimum Gasteiger partial charge on any atom is -0.497 e. The van der Waals surface area contributed by atoms with Crippen LogP contribution in [0.3, 0.4) is 0 Å². The van der Waals surface area contributed by atoms with Crippen LogP contribution in [-0.2, 0) is 10.2 Å². The summed E-state index contributed by atoms with van der Waals surface area (Å²) in [6, 6.07) is 8.39. The van der Waals surface area contributed by atoms with E-state index in [4.69, 9.17) is 9.47 Å². The molecule has 0 saturated heterocycles. The van der Waals surface area contributed by atoms with E-state index in [-0.39, 0.29) is 35.4 Å². The van der Waals surface area contributed by atoms with E-state index in [1.165, 1.54) is 5.56 Å². The highest BCUT2D eigenvalue weighted by molar-refractivity contribution is 14.0. The molecule has 1 atom stereocenters. The molecule has 0 radical (unpaired) electrons. The predicted octanol–water partition coefficient (Wildman–Crippen LogP) is 2.79. The molecule has 1 rings (SSSR count). The normalized spacial score (nSPS) is 13.0. The molecule has 0 aliphatic rings. The Hall–Kier alpha value is -1.02. The Morgan fingerprint density at radius 3 is 2.30 bits per heavy atom. The molecule has 1 unspecified atom stereocenters. The molecule has 0 aromatic heterocycles. The van der Waals surface area contributed by atoms with Crippen LogP contribution in [0.15, 0.2) is 29.3 Å². The van der Waals surface area contributed by atoms with Gasteiger partial charge >= 0.3 is 0 Å². The molecule has 1 aromatic rings. The van der Waals surface area contributed by atoms with Crippen LogP contribution in [0.4, 0.5) is 0 Å². The zero-order chi connectivity index (χ0) is 16.6. The predicted molar refractivity (Wildman–Crippen MR) is 107 cm³/mol. The number of ether oxygens (including phenoxy) is 2. The third-order valence-corrected chi connectivity index (χ3v) is 3.59. The van der Waals surface area contributed by atoms with E-state index in [0.717, 1.165) is 18.3 Å².